The molecule has 116 valence electrons. The van der Waals surface area contributed by atoms with Gasteiger partial charge in [0, 0.05) is 17.9 Å². The van der Waals surface area contributed by atoms with E-state index in [4.69, 9.17) is 10.5 Å². The molecule has 1 unspecified atom stereocenters. The minimum atomic E-state index is 0. The summed E-state index contributed by atoms with van der Waals surface area (Å²) < 4.78 is 5.63. The minimum Gasteiger partial charge on any atom is -0.493 e. The van der Waals surface area contributed by atoms with E-state index in [0.29, 0.717) is 19.1 Å². The number of hydrogen-bond donors (Lipinski definition) is 2. The second-order valence-corrected chi connectivity index (χ2v) is 5.77. The number of carbonyl (C=O) groups excluding carboxylic acids is 1. The number of rotatable bonds is 3. The van der Waals surface area contributed by atoms with Crippen molar-refractivity contribution in [2.24, 2.45) is 17.6 Å². The topological polar surface area (TPSA) is 64.4 Å². The molecule has 21 heavy (non-hydrogen) atoms. The smallest absolute Gasteiger partial charge is 0.223 e. The highest BCUT2D eigenvalue weighted by molar-refractivity contribution is 5.85. The fourth-order valence-corrected chi connectivity index (χ4v) is 3.43. The number of halogens is 1. The Kier molecular flexibility index (Phi) is 5.48. The summed E-state index contributed by atoms with van der Waals surface area (Å²) in [5.74, 6) is 1.51. The molecule has 0 aromatic heterocycles. The van der Waals surface area contributed by atoms with E-state index in [0.717, 1.165) is 37.0 Å². The maximum absolute atomic E-state index is 12.5. The Morgan fingerprint density at radius 3 is 2.90 bits per heavy atom. The molecule has 0 bridgehead atoms. The summed E-state index contributed by atoms with van der Waals surface area (Å²) in [4.78, 5) is 12.5. The Balaban J connectivity index is 0.00000161. The minimum absolute atomic E-state index is 0. The van der Waals surface area contributed by atoms with Gasteiger partial charge in [-0.05, 0) is 31.4 Å². The highest BCUT2D eigenvalue weighted by Crippen LogP contribution is 2.34. The Hall–Kier alpha value is -1.26. The maximum atomic E-state index is 12.5. The molecule has 0 saturated heterocycles. The largest absolute Gasteiger partial charge is 0.493 e. The van der Waals surface area contributed by atoms with E-state index >= 15 is 0 Å². The Labute approximate surface area is 131 Å². The van der Waals surface area contributed by atoms with E-state index in [1.165, 1.54) is 0 Å². The first-order valence-corrected chi connectivity index (χ1v) is 7.51. The first kappa shape index (κ1) is 16.1. The molecule has 1 aliphatic heterocycles. The molecule has 4 nitrogen and oxygen atoms in total. The van der Waals surface area contributed by atoms with Crippen LogP contribution in [0.2, 0.25) is 0 Å². The predicted molar refractivity (Wildman–Crippen MR) is 84.6 cm³/mol. The zero-order valence-corrected chi connectivity index (χ0v) is 12.9. The van der Waals surface area contributed by atoms with E-state index in [2.05, 4.69) is 5.32 Å². The van der Waals surface area contributed by atoms with Gasteiger partial charge in [-0.25, -0.2) is 0 Å². The fourth-order valence-electron chi connectivity index (χ4n) is 3.43. The summed E-state index contributed by atoms with van der Waals surface area (Å²) in [6, 6.07) is 8.03. The van der Waals surface area contributed by atoms with Crippen LogP contribution in [0.1, 0.15) is 37.3 Å². The molecule has 1 aliphatic carbocycles. The lowest BCUT2D eigenvalue weighted by atomic mass is 9.93. The van der Waals surface area contributed by atoms with Gasteiger partial charge in [0.05, 0.1) is 12.6 Å². The molecule has 1 saturated carbocycles. The lowest BCUT2D eigenvalue weighted by Crippen LogP contribution is -2.38. The maximum Gasteiger partial charge on any atom is 0.223 e. The Morgan fingerprint density at radius 2 is 2.10 bits per heavy atom. The van der Waals surface area contributed by atoms with Gasteiger partial charge in [-0.1, -0.05) is 24.6 Å². The summed E-state index contributed by atoms with van der Waals surface area (Å²) in [5.41, 5.74) is 6.86. The average Bonchev–Trinajstić information content (AvgIpc) is 2.96. The Morgan fingerprint density at radius 1 is 1.29 bits per heavy atom. The van der Waals surface area contributed by atoms with E-state index in [1.807, 2.05) is 24.3 Å². The molecule has 0 radical (unpaired) electrons. The van der Waals surface area contributed by atoms with Gasteiger partial charge in [0.1, 0.15) is 5.75 Å². The van der Waals surface area contributed by atoms with Crippen LogP contribution >= 0.6 is 12.4 Å². The summed E-state index contributed by atoms with van der Waals surface area (Å²) in [7, 11) is 0. The van der Waals surface area contributed by atoms with Crippen molar-refractivity contribution in [1.29, 1.82) is 0 Å². The fraction of sp³-hybridized carbons (Fsp3) is 0.562. The van der Waals surface area contributed by atoms with Gasteiger partial charge >= 0.3 is 0 Å². The van der Waals surface area contributed by atoms with Crippen LogP contribution in [0.15, 0.2) is 24.3 Å². The molecule has 1 amide bonds. The number of ether oxygens (including phenoxy) is 1. The van der Waals surface area contributed by atoms with E-state index < -0.39 is 0 Å². The number of nitrogens with two attached hydrogens (primary N) is 1. The van der Waals surface area contributed by atoms with Crippen molar-refractivity contribution in [2.75, 3.05) is 13.2 Å². The molecule has 2 aliphatic rings. The van der Waals surface area contributed by atoms with Crippen LogP contribution in [-0.4, -0.2) is 19.1 Å². The number of hydrogen-bond acceptors (Lipinski definition) is 3. The summed E-state index contributed by atoms with van der Waals surface area (Å²) in [5, 5.41) is 3.21. The molecule has 5 heteroatoms. The second kappa shape index (κ2) is 7.14. The van der Waals surface area contributed by atoms with E-state index in [-0.39, 0.29) is 30.3 Å². The molecule has 3 rings (SSSR count). The number of benzene rings is 1. The summed E-state index contributed by atoms with van der Waals surface area (Å²) in [6.45, 7) is 1.27. The van der Waals surface area contributed by atoms with Crippen molar-refractivity contribution in [3.63, 3.8) is 0 Å². The molecule has 1 aromatic carbocycles. The normalized spacial score (nSPS) is 27.2. The summed E-state index contributed by atoms with van der Waals surface area (Å²) in [6.07, 6.45) is 4.00. The van der Waals surface area contributed by atoms with Crippen molar-refractivity contribution >= 4 is 18.3 Å². The van der Waals surface area contributed by atoms with Crippen molar-refractivity contribution in [3.8, 4) is 5.75 Å². The summed E-state index contributed by atoms with van der Waals surface area (Å²) >= 11 is 0. The number of nitrogens with one attached hydrogen (secondary N) is 1. The van der Waals surface area contributed by atoms with E-state index in [9.17, 15) is 4.79 Å². The van der Waals surface area contributed by atoms with Crippen LogP contribution in [0.25, 0.3) is 0 Å². The molecule has 0 spiro atoms. The monoisotopic (exact) mass is 310 g/mol. The van der Waals surface area contributed by atoms with Crippen molar-refractivity contribution in [1.82, 2.24) is 5.32 Å². The number of para-hydroxylation sites is 1. The molecule has 1 heterocycles. The molecular formula is C16H23ClN2O2. The molecule has 3 N–H and O–H groups in total. The van der Waals surface area contributed by atoms with Crippen molar-refractivity contribution in [3.05, 3.63) is 29.8 Å². The van der Waals surface area contributed by atoms with Crippen LogP contribution in [0.5, 0.6) is 5.75 Å². The van der Waals surface area contributed by atoms with Gasteiger partial charge in [-0.3, -0.25) is 4.79 Å². The lowest BCUT2D eigenvalue weighted by molar-refractivity contribution is -0.126. The van der Waals surface area contributed by atoms with E-state index in [1.54, 1.807) is 0 Å². The van der Waals surface area contributed by atoms with Gasteiger partial charge in [0.25, 0.3) is 0 Å². The van der Waals surface area contributed by atoms with Crippen LogP contribution in [0, 0.1) is 11.8 Å². The van der Waals surface area contributed by atoms with Crippen LogP contribution in [0.3, 0.4) is 0 Å². The third-order valence-electron chi connectivity index (χ3n) is 4.57. The zero-order chi connectivity index (χ0) is 13.9. The molecule has 1 fully saturated rings. The number of carbonyl (C=O) groups is 1. The lowest BCUT2D eigenvalue weighted by Gasteiger charge is -2.28. The third-order valence-corrected chi connectivity index (χ3v) is 4.57. The Bertz CT molecular complexity index is 495. The van der Waals surface area contributed by atoms with Crippen molar-refractivity contribution < 1.29 is 9.53 Å². The number of amides is 1. The SMILES string of the molecule is Cl.NC[C@H]1CCC[C@H]1C(=O)NC1CCOc2ccccc21. The van der Waals surface area contributed by atoms with Crippen molar-refractivity contribution in [2.45, 2.75) is 31.7 Å². The van der Waals surface area contributed by atoms with Gasteiger partial charge in [0.15, 0.2) is 0 Å². The number of fused-ring (bicyclic) bond motifs is 1. The highest BCUT2D eigenvalue weighted by atomic mass is 35.5. The van der Waals surface area contributed by atoms with Gasteiger partial charge in [0.2, 0.25) is 5.91 Å². The molecule has 1 aromatic rings. The first-order chi connectivity index (χ1) is 9.79. The van der Waals surface area contributed by atoms with Gasteiger partial charge in [-0.15, -0.1) is 12.4 Å². The van der Waals surface area contributed by atoms with Crippen LogP contribution < -0.4 is 15.8 Å². The molecule has 3 atom stereocenters. The highest BCUT2D eigenvalue weighted by Gasteiger charge is 2.33. The quantitative estimate of drug-likeness (QED) is 0.901. The average molecular weight is 311 g/mol. The van der Waals surface area contributed by atoms with Crippen LogP contribution in [-0.2, 0) is 4.79 Å². The third kappa shape index (κ3) is 3.33. The van der Waals surface area contributed by atoms with Crippen LogP contribution in [0.4, 0.5) is 0 Å². The van der Waals surface area contributed by atoms with Gasteiger partial charge in [-0.2, -0.15) is 0 Å². The van der Waals surface area contributed by atoms with Gasteiger partial charge < -0.3 is 15.8 Å². The second-order valence-electron chi connectivity index (χ2n) is 5.77. The first-order valence-electron chi connectivity index (χ1n) is 7.51. The predicted octanol–water partition coefficient (Wildman–Crippen LogP) is 2.42. The molecular weight excluding hydrogens is 288 g/mol. The standard InChI is InChI=1S/C16H22N2O2.ClH/c17-10-11-4-3-6-12(11)16(19)18-14-8-9-20-15-7-2-1-5-13(14)15;/h1-2,5,7,11-12,14H,3-4,6,8-10,17H2,(H,18,19);1H/t11-,12-,14?;/m1./s1. The zero-order valence-electron chi connectivity index (χ0n) is 12.1.